The van der Waals surface area contributed by atoms with Crippen molar-refractivity contribution in [2.24, 2.45) is 0 Å². The summed E-state index contributed by atoms with van der Waals surface area (Å²) in [4.78, 5) is 26.2. The highest BCUT2D eigenvalue weighted by Crippen LogP contribution is 2.29. The van der Waals surface area contributed by atoms with E-state index in [1.54, 1.807) is 28.0 Å². The largest absolute Gasteiger partial charge is 0.353 e. The quantitative estimate of drug-likeness (QED) is 0.548. The lowest BCUT2D eigenvalue weighted by Gasteiger charge is -2.35. The second-order valence-corrected chi connectivity index (χ2v) is 7.33. The summed E-state index contributed by atoms with van der Waals surface area (Å²) in [5.41, 5.74) is 1.70. The average molecular weight is 363 g/mol. The first-order valence-corrected chi connectivity index (χ1v) is 9.43. The second-order valence-electron chi connectivity index (χ2n) is 6.32. The van der Waals surface area contributed by atoms with E-state index in [2.05, 4.69) is 26.9 Å². The molecule has 7 heteroatoms. The number of thiazole rings is 1. The van der Waals surface area contributed by atoms with Gasteiger partial charge in [0.05, 0.1) is 10.2 Å². The van der Waals surface area contributed by atoms with Gasteiger partial charge in [0.1, 0.15) is 11.5 Å². The molecule has 0 N–H and O–H groups in total. The van der Waals surface area contributed by atoms with E-state index in [9.17, 15) is 4.79 Å². The highest BCUT2D eigenvalue weighted by Gasteiger charge is 2.21. The number of anilines is 2. The molecule has 1 fully saturated rings. The number of benzene rings is 1. The molecule has 3 aromatic heterocycles. The normalized spacial score (nSPS) is 15.1. The van der Waals surface area contributed by atoms with Gasteiger partial charge in [-0.15, -0.1) is 0 Å². The van der Waals surface area contributed by atoms with Gasteiger partial charge in [0.15, 0.2) is 5.13 Å². The number of hydrogen-bond donors (Lipinski definition) is 0. The zero-order valence-corrected chi connectivity index (χ0v) is 14.9. The molecule has 4 heterocycles. The van der Waals surface area contributed by atoms with E-state index < -0.39 is 0 Å². The van der Waals surface area contributed by atoms with E-state index in [0.29, 0.717) is 5.65 Å². The molecule has 26 heavy (non-hydrogen) atoms. The van der Waals surface area contributed by atoms with Gasteiger partial charge in [-0.2, -0.15) is 0 Å². The smallest absolute Gasteiger partial charge is 0.259 e. The van der Waals surface area contributed by atoms with E-state index >= 15 is 0 Å². The molecule has 0 unspecified atom stereocenters. The van der Waals surface area contributed by atoms with E-state index in [1.165, 1.54) is 4.70 Å². The lowest BCUT2D eigenvalue weighted by molar-refractivity contribution is 0.646. The lowest BCUT2D eigenvalue weighted by Crippen LogP contribution is -2.47. The molecule has 0 aliphatic carbocycles. The van der Waals surface area contributed by atoms with Gasteiger partial charge in [0, 0.05) is 38.4 Å². The van der Waals surface area contributed by atoms with E-state index in [0.717, 1.165) is 42.6 Å². The summed E-state index contributed by atoms with van der Waals surface area (Å²) in [6.45, 7) is 3.39. The Morgan fingerprint density at radius 3 is 2.50 bits per heavy atom. The van der Waals surface area contributed by atoms with Gasteiger partial charge >= 0.3 is 0 Å². The van der Waals surface area contributed by atoms with Crippen LogP contribution in [0.15, 0.2) is 59.5 Å². The summed E-state index contributed by atoms with van der Waals surface area (Å²) in [6.07, 6.45) is 1.75. The number of pyridine rings is 1. The number of nitrogens with zero attached hydrogens (tertiary/aromatic N) is 5. The Hall–Kier alpha value is -2.93. The van der Waals surface area contributed by atoms with Gasteiger partial charge in [-0.05, 0) is 24.3 Å². The van der Waals surface area contributed by atoms with Gasteiger partial charge in [-0.25, -0.2) is 9.97 Å². The monoisotopic (exact) mass is 363 g/mol. The van der Waals surface area contributed by atoms with E-state index in [1.807, 2.05) is 30.3 Å². The third-order valence-corrected chi connectivity index (χ3v) is 5.81. The van der Waals surface area contributed by atoms with Crippen LogP contribution in [0.2, 0.25) is 0 Å². The third kappa shape index (κ3) is 2.61. The van der Waals surface area contributed by atoms with E-state index in [-0.39, 0.29) is 5.56 Å². The number of hydrogen-bond acceptors (Lipinski definition) is 6. The van der Waals surface area contributed by atoms with Crippen LogP contribution in [0.4, 0.5) is 10.9 Å². The van der Waals surface area contributed by atoms with Crippen LogP contribution in [0.25, 0.3) is 15.9 Å². The van der Waals surface area contributed by atoms with Gasteiger partial charge < -0.3 is 9.80 Å². The van der Waals surface area contributed by atoms with Crippen molar-refractivity contribution in [3.63, 3.8) is 0 Å². The van der Waals surface area contributed by atoms with Gasteiger partial charge in [-0.3, -0.25) is 9.20 Å². The Morgan fingerprint density at radius 1 is 0.885 bits per heavy atom. The number of fused-ring (bicyclic) bond motifs is 2. The lowest BCUT2D eigenvalue weighted by atomic mass is 10.3. The predicted molar refractivity (Wildman–Crippen MR) is 106 cm³/mol. The maximum absolute atomic E-state index is 12.3. The summed E-state index contributed by atoms with van der Waals surface area (Å²) in [7, 11) is 0. The zero-order valence-electron chi connectivity index (χ0n) is 14.1. The van der Waals surface area contributed by atoms with Crippen molar-refractivity contribution in [2.45, 2.75) is 0 Å². The third-order valence-electron chi connectivity index (χ3n) is 4.71. The molecule has 1 aliphatic rings. The summed E-state index contributed by atoms with van der Waals surface area (Å²) in [6, 6.07) is 15.5. The van der Waals surface area contributed by atoms with Crippen molar-refractivity contribution < 1.29 is 0 Å². The minimum absolute atomic E-state index is 0.0424. The molecular formula is C19H17N5OS. The molecule has 6 nitrogen and oxygen atoms in total. The van der Waals surface area contributed by atoms with Crippen LogP contribution in [0.1, 0.15) is 0 Å². The van der Waals surface area contributed by atoms with Crippen molar-refractivity contribution in [1.29, 1.82) is 0 Å². The first kappa shape index (κ1) is 15.3. The maximum atomic E-state index is 12.3. The Bertz CT molecular complexity index is 1110. The number of piperazine rings is 1. The molecule has 0 amide bonds. The fourth-order valence-electron chi connectivity index (χ4n) is 3.33. The van der Waals surface area contributed by atoms with Crippen LogP contribution < -0.4 is 15.4 Å². The minimum Gasteiger partial charge on any atom is -0.353 e. The predicted octanol–water partition coefficient (Wildman–Crippen LogP) is 2.63. The first-order chi connectivity index (χ1) is 12.8. The van der Waals surface area contributed by atoms with Gasteiger partial charge in [0.2, 0.25) is 0 Å². The molecule has 0 radical (unpaired) electrons. The number of aromatic nitrogens is 3. The highest BCUT2D eigenvalue weighted by atomic mass is 32.1. The Labute approximate surface area is 154 Å². The summed E-state index contributed by atoms with van der Waals surface area (Å²) < 4.78 is 2.79. The minimum atomic E-state index is -0.0424. The molecule has 0 bridgehead atoms. The van der Waals surface area contributed by atoms with E-state index in [4.69, 9.17) is 4.98 Å². The van der Waals surface area contributed by atoms with Crippen LogP contribution in [0.3, 0.4) is 0 Å². The molecule has 1 aromatic carbocycles. The fourth-order valence-corrected chi connectivity index (χ4v) is 4.34. The fraction of sp³-hybridized carbons (Fsp3) is 0.211. The van der Waals surface area contributed by atoms with Crippen molar-refractivity contribution in [3.8, 4) is 0 Å². The Balaban J connectivity index is 1.37. The van der Waals surface area contributed by atoms with Gasteiger partial charge in [-0.1, -0.05) is 29.5 Å². The first-order valence-electron chi connectivity index (χ1n) is 8.62. The van der Waals surface area contributed by atoms with Crippen LogP contribution in [-0.2, 0) is 0 Å². The van der Waals surface area contributed by atoms with Crippen molar-refractivity contribution >= 4 is 38.2 Å². The average Bonchev–Trinajstić information content (AvgIpc) is 3.12. The molecular weight excluding hydrogens is 346 g/mol. The number of rotatable bonds is 2. The van der Waals surface area contributed by atoms with Crippen LogP contribution in [0.5, 0.6) is 0 Å². The van der Waals surface area contributed by atoms with Crippen LogP contribution in [-0.4, -0.2) is 40.5 Å². The Morgan fingerprint density at radius 2 is 1.65 bits per heavy atom. The second kappa shape index (κ2) is 6.10. The topological polar surface area (TPSA) is 53.7 Å². The van der Waals surface area contributed by atoms with Gasteiger partial charge in [0.25, 0.3) is 5.56 Å². The molecule has 1 aliphatic heterocycles. The van der Waals surface area contributed by atoms with Crippen molar-refractivity contribution in [3.05, 3.63) is 65.1 Å². The molecule has 0 saturated carbocycles. The Kier molecular flexibility index (Phi) is 3.60. The van der Waals surface area contributed by atoms with Crippen molar-refractivity contribution in [2.75, 3.05) is 36.0 Å². The molecule has 130 valence electrons. The SMILES string of the molecule is O=c1cc(N2CCN(c3nc4ccccc4s3)CC2)nc2ccccn12. The molecule has 1 saturated heterocycles. The number of para-hydroxylation sites is 1. The summed E-state index contributed by atoms with van der Waals surface area (Å²) >= 11 is 1.73. The highest BCUT2D eigenvalue weighted by molar-refractivity contribution is 7.22. The van der Waals surface area contributed by atoms with Crippen LogP contribution >= 0.6 is 11.3 Å². The molecule has 0 atom stereocenters. The molecule has 4 aromatic rings. The van der Waals surface area contributed by atoms with Crippen LogP contribution in [0, 0.1) is 0 Å². The standard InChI is InChI=1S/C19H17N5OS/c25-18-13-17(21-16-7-3-4-8-24(16)18)22-9-11-23(12-10-22)19-20-14-5-1-2-6-15(14)26-19/h1-8,13H,9-12H2. The maximum Gasteiger partial charge on any atom is 0.259 e. The molecule has 0 spiro atoms. The molecule has 5 rings (SSSR count). The zero-order chi connectivity index (χ0) is 17.5. The summed E-state index contributed by atoms with van der Waals surface area (Å²) in [5.74, 6) is 0.755. The summed E-state index contributed by atoms with van der Waals surface area (Å²) in [5, 5.41) is 1.07. The van der Waals surface area contributed by atoms with Crippen molar-refractivity contribution in [1.82, 2.24) is 14.4 Å².